The summed E-state index contributed by atoms with van der Waals surface area (Å²) in [4.78, 5) is 4.48. The Bertz CT molecular complexity index is 884. The van der Waals surface area contributed by atoms with Crippen LogP contribution in [0.25, 0.3) is 0 Å². The number of aryl methyl sites for hydroxylation is 1. The molecule has 1 aliphatic rings. The van der Waals surface area contributed by atoms with E-state index in [2.05, 4.69) is 48.8 Å². The lowest BCUT2D eigenvalue weighted by Crippen LogP contribution is -2.17. The predicted octanol–water partition coefficient (Wildman–Crippen LogP) is 5.94. The second-order valence-corrected chi connectivity index (χ2v) is 8.61. The molecule has 1 N–H and O–H groups in total. The van der Waals surface area contributed by atoms with Crippen molar-refractivity contribution in [1.29, 1.82) is 0 Å². The number of nitrogens with zero attached hydrogens (tertiary/aromatic N) is 1. The molecule has 0 bridgehead atoms. The highest BCUT2D eigenvalue weighted by atomic mass is 127. The van der Waals surface area contributed by atoms with Gasteiger partial charge in [0.15, 0.2) is 11.6 Å². The van der Waals surface area contributed by atoms with E-state index in [1.807, 2.05) is 39.0 Å². The molecule has 7 heteroatoms. The quantitative estimate of drug-likeness (QED) is 0.401. The van der Waals surface area contributed by atoms with Gasteiger partial charge in [0.05, 0.1) is 21.3 Å². The van der Waals surface area contributed by atoms with E-state index in [1.54, 1.807) is 0 Å². The molecule has 0 aromatic heterocycles. The molecule has 3 rings (SSSR count). The lowest BCUT2D eigenvalue weighted by molar-refractivity contribution is 0.279. The summed E-state index contributed by atoms with van der Waals surface area (Å²) in [5.41, 5.74) is 1.62. The van der Waals surface area contributed by atoms with Gasteiger partial charge in [0, 0.05) is 9.26 Å². The molecular weight excluding hydrogens is 505 g/mol. The lowest BCUT2D eigenvalue weighted by atomic mass is 10.1. The number of halogens is 4. The number of rotatable bonds is 3. The molecule has 2 aromatic carbocycles. The number of hydrogen-bond donors (Lipinski definition) is 1. The van der Waals surface area contributed by atoms with E-state index in [0.29, 0.717) is 23.8 Å². The van der Waals surface area contributed by atoms with Crippen LogP contribution in [0.3, 0.4) is 0 Å². The van der Waals surface area contributed by atoms with E-state index in [0.717, 1.165) is 9.13 Å². The minimum atomic E-state index is -0.974. The minimum absolute atomic E-state index is 0.0152. The monoisotopic (exact) mass is 520 g/mol. The van der Waals surface area contributed by atoms with Gasteiger partial charge in [-0.3, -0.25) is 0 Å². The Morgan fingerprint density at radius 2 is 1.96 bits per heavy atom. The van der Waals surface area contributed by atoms with Gasteiger partial charge in [0.25, 0.3) is 0 Å². The SMILES string of the molecule is Cc1cc(I)ccc1Nc1c(C2=NC(C)(C)CO2)cc(Br)c(F)c1F. The zero-order valence-corrected chi connectivity index (χ0v) is 17.6. The Morgan fingerprint density at radius 1 is 1.24 bits per heavy atom. The van der Waals surface area contributed by atoms with Crippen molar-refractivity contribution in [2.45, 2.75) is 26.3 Å². The van der Waals surface area contributed by atoms with Gasteiger partial charge in [0.2, 0.25) is 5.90 Å². The summed E-state index contributed by atoms with van der Waals surface area (Å²) in [6, 6.07) is 7.18. The smallest absolute Gasteiger partial charge is 0.219 e. The molecule has 2 aromatic rings. The number of nitrogens with one attached hydrogen (secondary N) is 1. The number of ether oxygens (including phenoxy) is 1. The third-order valence-electron chi connectivity index (χ3n) is 3.81. The van der Waals surface area contributed by atoms with E-state index in [-0.39, 0.29) is 10.2 Å². The fraction of sp³-hybridized carbons (Fsp3) is 0.278. The standard InChI is InChI=1S/C18H16BrF2IN2O/c1-9-6-10(22)4-5-13(9)23-16-11(7-12(19)14(20)15(16)21)17-24-18(2,3)8-25-17/h4-7,23H,8H2,1-3H3. The van der Waals surface area contributed by atoms with Gasteiger partial charge in [-0.25, -0.2) is 13.8 Å². The Morgan fingerprint density at radius 3 is 2.56 bits per heavy atom. The predicted molar refractivity (Wildman–Crippen MR) is 108 cm³/mol. The molecule has 25 heavy (non-hydrogen) atoms. The van der Waals surface area contributed by atoms with Gasteiger partial charge in [0.1, 0.15) is 6.61 Å². The van der Waals surface area contributed by atoms with Crippen molar-refractivity contribution in [1.82, 2.24) is 0 Å². The maximum atomic E-state index is 14.7. The van der Waals surface area contributed by atoms with Gasteiger partial charge in [-0.05, 0) is 89.1 Å². The molecule has 0 amide bonds. The van der Waals surface area contributed by atoms with Crippen LogP contribution < -0.4 is 5.32 Å². The second-order valence-electron chi connectivity index (χ2n) is 6.51. The third-order valence-corrected chi connectivity index (χ3v) is 5.06. The molecule has 1 aliphatic heterocycles. The Hall–Kier alpha value is -1.22. The molecule has 0 unspecified atom stereocenters. The molecular formula is C18H16BrF2IN2O. The fourth-order valence-electron chi connectivity index (χ4n) is 2.51. The van der Waals surface area contributed by atoms with Gasteiger partial charge >= 0.3 is 0 Å². The van der Waals surface area contributed by atoms with Crippen LogP contribution in [0, 0.1) is 22.1 Å². The molecule has 0 radical (unpaired) electrons. The largest absolute Gasteiger partial charge is 0.475 e. The number of benzene rings is 2. The maximum absolute atomic E-state index is 14.7. The average Bonchev–Trinajstić information content (AvgIpc) is 2.89. The Balaban J connectivity index is 2.13. The van der Waals surface area contributed by atoms with Gasteiger partial charge in [-0.1, -0.05) is 0 Å². The molecule has 0 saturated carbocycles. The fourth-order valence-corrected chi connectivity index (χ4v) is 3.56. The summed E-state index contributed by atoms with van der Waals surface area (Å²) < 4.78 is 35.5. The maximum Gasteiger partial charge on any atom is 0.219 e. The van der Waals surface area contributed by atoms with E-state index >= 15 is 0 Å². The zero-order chi connectivity index (χ0) is 18.4. The van der Waals surface area contributed by atoms with E-state index < -0.39 is 17.2 Å². The zero-order valence-electron chi connectivity index (χ0n) is 13.9. The van der Waals surface area contributed by atoms with Crippen molar-refractivity contribution in [2.24, 2.45) is 4.99 Å². The highest BCUT2D eigenvalue weighted by Crippen LogP contribution is 2.35. The highest BCUT2D eigenvalue weighted by molar-refractivity contribution is 14.1. The molecule has 0 saturated heterocycles. The summed E-state index contributed by atoms with van der Waals surface area (Å²) in [5.74, 6) is -1.62. The van der Waals surface area contributed by atoms with Crippen LogP contribution in [0.15, 0.2) is 33.7 Å². The van der Waals surface area contributed by atoms with Crippen molar-refractivity contribution in [3.63, 3.8) is 0 Å². The average molecular weight is 521 g/mol. The first-order valence-electron chi connectivity index (χ1n) is 7.61. The molecule has 0 spiro atoms. The van der Waals surface area contributed by atoms with Crippen LogP contribution in [0.4, 0.5) is 20.2 Å². The number of anilines is 2. The van der Waals surface area contributed by atoms with Crippen molar-refractivity contribution in [2.75, 3.05) is 11.9 Å². The first-order chi connectivity index (χ1) is 11.7. The molecule has 0 atom stereocenters. The van der Waals surface area contributed by atoms with Gasteiger partial charge < -0.3 is 10.1 Å². The highest BCUT2D eigenvalue weighted by Gasteiger charge is 2.30. The molecule has 0 fully saturated rings. The van der Waals surface area contributed by atoms with Crippen molar-refractivity contribution >= 4 is 55.8 Å². The molecule has 0 aliphatic carbocycles. The summed E-state index contributed by atoms with van der Waals surface area (Å²) in [6.45, 7) is 6.14. The van der Waals surface area contributed by atoms with Crippen LogP contribution in [0.1, 0.15) is 25.0 Å². The van der Waals surface area contributed by atoms with Crippen LogP contribution in [0.2, 0.25) is 0 Å². The lowest BCUT2D eigenvalue weighted by Gasteiger charge is -2.16. The van der Waals surface area contributed by atoms with E-state index in [4.69, 9.17) is 4.74 Å². The Kier molecular flexibility index (Phi) is 5.07. The number of aliphatic imine (C=N–C) groups is 1. The first-order valence-corrected chi connectivity index (χ1v) is 9.49. The number of hydrogen-bond acceptors (Lipinski definition) is 3. The molecule has 1 heterocycles. The normalized spacial score (nSPS) is 15.7. The Labute approximate surface area is 167 Å². The van der Waals surface area contributed by atoms with Gasteiger partial charge in [-0.2, -0.15) is 0 Å². The van der Waals surface area contributed by atoms with E-state index in [9.17, 15) is 8.78 Å². The van der Waals surface area contributed by atoms with Gasteiger partial charge in [-0.15, -0.1) is 0 Å². The minimum Gasteiger partial charge on any atom is -0.475 e. The van der Waals surface area contributed by atoms with Crippen LogP contribution in [-0.4, -0.2) is 18.0 Å². The summed E-state index contributed by atoms with van der Waals surface area (Å²) in [6.07, 6.45) is 0. The third kappa shape index (κ3) is 3.81. The van der Waals surface area contributed by atoms with Crippen molar-refractivity contribution < 1.29 is 13.5 Å². The summed E-state index contributed by atoms with van der Waals surface area (Å²) in [7, 11) is 0. The topological polar surface area (TPSA) is 33.6 Å². The second kappa shape index (κ2) is 6.83. The first kappa shape index (κ1) is 18.6. The molecule has 132 valence electrons. The van der Waals surface area contributed by atoms with Crippen LogP contribution in [0.5, 0.6) is 0 Å². The van der Waals surface area contributed by atoms with Crippen LogP contribution in [-0.2, 0) is 4.74 Å². The van der Waals surface area contributed by atoms with Crippen molar-refractivity contribution in [3.8, 4) is 0 Å². The van der Waals surface area contributed by atoms with Crippen molar-refractivity contribution in [3.05, 3.63) is 55.1 Å². The molecule has 3 nitrogen and oxygen atoms in total. The van der Waals surface area contributed by atoms with Crippen LogP contribution >= 0.6 is 38.5 Å². The summed E-state index contributed by atoms with van der Waals surface area (Å²) in [5, 5.41) is 3.01. The van der Waals surface area contributed by atoms with E-state index in [1.165, 1.54) is 6.07 Å². The summed E-state index contributed by atoms with van der Waals surface area (Å²) >= 11 is 5.27.